The van der Waals surface area contributed by atoms with Crippen molar-refractivity contribution in [3.8, 4) is 11.3 Å². The number of nitrogens with zero attached hydrogens (tertiary/aromatic N) is 4. The maximum atomic E-state index is 11.8. The normalized spacial score (nSPS) is 17.2. The van der Waals surface area contributed by atoms with Gasteiger partial charge in [-0.15, -0.1) is 0 Å². The van der Waals surface area contributed by atoms with E-state index in [1.807, 2.05) is 24.5 Å². The number of amides is 1. The Morgan fingerprint density at radius 1 is 1.35 bits per heavy atom. The van der Waals surface area contributed by atoms with Crippen LogP contribution in [0.2, 0.25) is 0 Å². The molecule has 1 saturated heterocycles. The molecule has 1 atom stereocenters. The Balaban J connectivity index is 1.62. The number of nitrogens with one attached hydrogen (secondary N) is 1. The summed E-state index contributed by atoms with van der Waals surface area (Å²) in [6, 6.07) is 3.91. The van der Waals surface area contributed by atoms with E-state index in [9.17, 15) is 9.90 Å². The topological polar surface area (TPSA) is 85.4 Å². The first kappa shape index (κ1) is 15.6. The summed E-state index contributed by atoms with van der Waals surface area (Å²) in [6.07, 6.45) is 4.48. The van der Waals surface area contributed by atoms with Crippen LogP contribution >= 0.6 is 0 Å². The Hall–Kier alpha value is -2.25. The number of aliphatic hydroxyl groups is 1. The lowest BCUT2D eigenvalue weighted by atomic mass is 10.1. The Kier molecular flexibility index (Phi) is 4.68. The van der Waals surface area contributed by atoms with Crippen LogP contribution in [0.4, 0.5) is 0 Å². The lowest BCUT2D eigenvalue weighted by molar-refractivity contribution is -0.141. The lowest BCUT2D eigenvalue weighted by Crippen LogP contribution is -2.50. The van der Waals surface area contributed by atoms with Crippen LogP contribution in [0.5, 0.6) is 0 Å². The number of aromatic nitrogens is 3. The molecule has 1 amide bonds. The molecule has 0 saturated carbocycles. The zero-order valence-corrected chi connectivity index (χ0v) is 13.1. The summed E-state index contributed by atoms with van der Waals surface area (Å²) < 4.78 is 0. The van der Waals surface area contributed by atoms with E-state index in [1.165, 1.54) is 6.92 Å². The summed E-state index contributed by atoms with van der Waals surface area (Å²) in [7, 11) is 0. The average Bonchev–Trinajstić information content (AvgIpc) is 3.04. The van der Waals surface area contributed by atoms with Crippen LogP contribution in [-0.2, 0) is 11.3 Å². The van der Waals surface area contributed by atoms with Crippen molar-refractivity contribution < 1.29 is 9.90 Å². The average molecular weight is 315 g/mol. The maximum absolute atomic E-state index is 11.8. The highest BCUT2D eigenvalue weighted by Gasteiger charge is 2.24. The molecule has 0 bridgehead atoms. The van der Waals surface area contributed by atoms with Crippen LogP contribution in [0.15, 0.2) is 30.7 Å². The van der Waals surface area contributed by atoms with Crippen molar-refractivity contribution in [2.24, 2.45) is 0 Å². The summed E-state index contributed by atoms with van der Waals surface area (Å²) >= 11 is 0. The predicted octanol–water partition coefficient (Wildman–Crippen LogP) is 0.497. The van der Waals surface area contributed by atoms with E-state index < -0.39 is 6.10 Å². The molecule has 1 fully saturated rings. The van der Waals surface area contributed by atoms with Crippen LogP contribution in [-0.4, -0.2) is 68.3 Å². The van der Waals surface area contributed by atoms with Crippen molar-refractivity contribution >= 4 is 5.91 Å². The van der Waals surface area contributed by atoms with Gasteiger partial charge in [-0.05, 0) is 19.1 Å². The van der Waals surface area contributed by atoms with E-state index in [1.54, 1.807) is 11.1 Å². The van der Waals surface area contributed by atoms with Crippen molar-refractivity contribution in [1.29, 1.82) is 0 Å². The van der Waals surface area contributed by atoms with Gasteiger partial charge in [0.15, 0.2) is 0 Å². The first-order chi connectivity index (χ1) is 11.1. The Bertz CT molecular complexity index is 648. The van der Waals surface area contributed by atoms with Crippen LogP contribution in [0.25, 0.3) is 11.3 Å². The SMILES string of the molecule is CC(O)C(=O)N1CCN(Cc2cn[nH]c2-c2cccnc2)CC1. The van der Waals surface area contributed by atoms with E-state index in [2.05, 4.69) is 20.1 Å². The highest BCUT2D eigenvalue weighted by Crippen LogP contribution is 2.21. The Morgan fingerprint density at radius 3 is 2.78 bits per heavy atom. The smallest absolute Gasteiger partial charge is 0.251 e. The first-order valence-electron chi connectivity index (χ1n) is 7.77. The third-order valence-electron chi connectivity index (χ3n) is 4.10. The number of carbonyl (C=O) groups is 1. The van der Waals surface area contributed by atoms with Gasteiger partial charge in [-0.1, -0.05) is 0 Å². The molecule has 7 nitrogen and oxygen atoms in total. The van der Waals surface area contributed by atoms with E-state index in [0.717, 1.165) is 36.5 Å². The molecular formula is C16H21N5O2. The number of hydrogen-bond donors (Lipinski definition) is 2. The molecule has 0 radical (unpaired) electrons. The van der Waals surface area contributed by atoms with Crippen LogP contribution < -0.4 is 0 Å². The number of aliphatic hydroxyl groups excluding tert-OH is 1. The molecule has 0 aromatic carbocycles. The van der Waals surface area contributed by atoms with Gasteiger partial charge in [0.1, 0.15) is 6.10 Å². The Labute approximate surface area is 134 Å². The minimum absolute atomic E-state index is 0.191. The van der Waals surface area contributed by atoms with E-state index in [4.69, 9.17) is 0 Å². The molecule has 7 heteroatoms. The summed E-state index contributed by atoms with van der Waals surface area (Å²) in [5, 5.41) is 16.6. The van der Waals surface area contributed by atoms with E-state index in [-0.39, 0.29) is 5.91 Å². The minimum Gasteiger partial charge on any atom is -0.384 e. The summed E-state index contributed by atoms with van der Waals surface area (Å²) in [5.41, 5.74) is 3.12. The van der Waals surface area contributed by atoms with Crippen LogP contribution in [0, 0.1) is 0 Å². The second-order valence-electron chi connectivity index (χ2n) is 5.79. The molecule has 0 aliphatic carbocycles. The molecule has 3 rings (SSSR count). The van der Waals surface area contributed by atoms with Gasteiger partial charge < -0.3 is 10.0 Å². The van der Waals surface area contributed by atoms with Gasteiger partial charge in [0.2, 0.25) is 0 Å². The largest absolute Gasteiger partial charge is 0.384 e. The van der Waals surface area contributed by atoms with Crippen LogP contribution in [0.1, 0.15) is 12.5 Å². The number of pyridine rings is 1. The second-order valence-corrected chi connectivity index (χ2v) is 5.79. The number of H-pyrrole nitrogens is 1. The van der Waals surface area contributed by atoms with Gasteiger partial charge in [0.25, 0.3) is 5.91 Å². The van der Waals surface area contributed by atoms with Gasteiger partial charge in [-0.25, -0.2) is 0 Å². The van der Waals surface area contributed by atoms with E-state index >= 15 is 0 Å². The fourth-order valence-electron chi connectivity index (χ4n) is 2.82. The van der Waals surface area contributed by atoms with Gasteiger partial charge in [0, 0.05) is 56.2 Å². The van der Waals surface area contributed by atoms with Crippen molar-refractivity contribution in [2.75, 3.05) is 26.2 Å². The quantitative estimate of drug-likeness (QED) is 0.858. The molecule has 23 heavy (non-hydrogen) atoms. The van der Waals surface area contributed by atoms with Crippen molar-refractivity contribution in [3.63, 3.8) is 0 Å². The third-order valence-corrected chi connectivity index (χ3v) is 4.10. The third kappa shape index (κ3) is 3.57. The van der Waals surface area contributed by atoms with Crippen LogP contribution in [0.3, 0.4) is 0 Å². The van der Waals surface area contributed by atoms with Crippen molar-refractivity contribution in [3.05, 3.63) is 36.3 Å². The number of carbonyl (C=O) groups excluding carboxylic acids is 1. The molecule has 1 aliphatic heterocycles. The highest BCUT2D eigenvalue weighted by molar-refractivity contribution is 5.80. The summed E-state index contributed by atoms with van der Waals surface area (Å²) in [6.45, 7) is 5.15. The zero-order valence-electron chi connectivity index (χ0n) is 13.1. The summed E-state index contributed by atoms with van der Waals surface area (Å²) in [5.74, 6) is -0.191. The number of aromatic amines is 1. The predicted molar refractivity (Wildman–Crippen MR) is 85.4 cm³/mol. The number of rotatable bonds is 4. The molecule has 1 aliphatic rings. The molecule has 1 unspecified atom stereocenters. The van der Waals surface area contributed by atoms with Gasteiger partial charge >= 0.3 is 0 Å². The van der Waals surface area contributed by atoms with Gasteiger partial charge in [-0.2, -0.15) is 5.10 Å². The number of hydrogen-bond acceptors (Lipinski definition) is 5. The fraction of sp³-hybridized carbons (Fsp3) is 0.438. The van der Waals surface area contributed by atoms with Gasteiger partial charge in [-0.3, -0.25) is 19.8 Å². The second kappa shape index (κ2) is 6.89. The Morgan fingerprint density at radius 2 is 2.13 bits per heavy atom. The molecule has 3 heterocycles. The standard InChI is InChI=1S/C16H21N5O2/c1-12(22)16(23)21-7-5-20(6-8-21)11-14-10-18-19-15(14)13-3-2-4-17-9-13/h2-4,9-10,12,22H,5-8,11H2,1H3,(H,18,19). The molecule has 122 valence electrons. The maximum Gasteiger partial charge on any atom is 0.251 e. The zero-order chi connectivity index (χ0) is 16.2. The molecule has 2 aromatic heterocycles. The monoisotopic (exact) mass is 315 g/mol. The fourth-order valence-corrected chi connectivity index (χ4v) is 2.82. The summed E-state index contributed by atoms with van der Waals surface area (Å²) in [4.78, 5) is 20.0. The van der Waals surface area contributed by atoms with Gasteiger partial charge in [0.05, 0.1) is 11.9 Å². The molecule has 0 spiro atoms. The first-order valence-corrected chi connectivity index (χ1v) is 7.77. The minimum atomic E-state index is -0.924. The van der Waals surface area contributed by atoms with E-state index in [0.29, 0.717) is 13.1 Å². The molecular weight excluding hydrogens is 294 g/mol. The number of piperazine rings is 1. The molecule has 2 aromatic rings. The lowest BCUT2D eigenvalue weighted by Gasteiger charge is -2.35. The van der Waals surface area contributed by atoms with Crippen molar-refractivity contribution in [2.45, 2.75) is 19.6 Å². The molecule has 2 N–H and O–H groups in total. The highest BCUT2D eigenvalue weighted by atomic mass is 16.3. The van der Waals surface area contributed by atoms with Crippen molar-refractivity contribution in [1.82, 2.24) is 25.0 Å².